The van der Waals surface area contributed by atoms with E-state index in [1.807, 2.05) is 91.1 Å². The molecule has 5 rings (SSSR count). The second-order valence-corrected chi connectivity index (χ2v) is 8.04. The lowest BCUT2D eigenvalue weighted by molar-refractivity contribution is 0.0951. The Morgan fingerprint density at radius 1 is 0.861 bits per heavy atom. The zero-order chi connectivity index (χ0) is 24.6. The number of hydrogen-bond donors (Lipinski definition) is 2. The molecule has 8 nitrogen and oxygen atoms in total. The second kappa shape index (κ2) is 11.0. The van der Waals surface area contributed by atoms with Gasteiger partial charge in [-0.15, -0.1) is 5.10 Å². The number of amides is 1. The first kappa shape index (κ1) is 22.8. The highest BCUT2D eigenvalue weighted by molar-refractivity contribution is 5.99. The van der Waals surface area contributed by atoms with E-state index in [4.69, 9.17) is 4.74 Å². The van der Waals surface area contributed by atoms with Crippen LogP contribution in [-0.4, -0.2) is 25.9 Å². The summed E-state index contributed by atoms with van der Waals surface area (Å²) in [6, 6.07) is 30.5. The Morgan fingerprint density at radius 3 is 2.47 bits per heavy atom. The first-order valence-electron chi connectivity index (χ1n) is 11.5. The molecule has 0 saturated carbocycles. The Labute approximate surface area is 208 Å². The number of carbonyl (C=O) groups excluding carboxylic acids is 1. The number of anilines is 2. The van der Waals surface area contributed by atoms with Gasteiger partial charge in [-0.05, 0) is 54.1 Å². The third kappa shape index (κ3) is 5.92. The van der Waals surface area contributed by atoms with Crippen molar-refractivity contribution in [3.8, 4) is 11.5 Å². The maximum atomic E-state index is 12.9. The van der Waals surface area contributed by atoms with Gasteiger partial charge in [0.2, 0.25) is 0 Å². The van der Waals surface area contributed by atoms with Crippen molar-refractivity contribution in [2.45, 2.75) is 13.1 Å². The molecule has 178 valence electrons. The predicted octanol–water partition coefficient (Wildman–Crippen LogP) is 5.19. The van der Waals surface area contributed by atoms with Gasteiger partial charge in [-0.25, -0.2) is 9.67 Å². The Balaban J connectivity index is 1.19. The molecule has 0 bridgehead atoms. The van der Waals surface area contributed by atoms with Crippen LogP contribution in [0.5, 0.6) is 11.5 Å². The van der Waals surface area contributed by atoms with Gasteiger partial charge in [0.15, 0.2) is 0 Å². The summed E-state index contributed by atoms with van der Waals surface area (Å²) in [7, 11) is 0. The van der Waals surface area contributed by atoms with Gasteiger partial charge in [-0.3, -0.25) is 4.79 Å². The zero-order valence-corrected chi connectivity index (χ0v) is 19.4. The predicted molar refractivity (Wildman–Crippen MR) is 137 cm³/mol. The van der Waals surface area contributed by atoms with Crippen LogP contribution in [0.25, 0.3) is 0 Å². The van der Waals surface area contributed by atoms with E-state index >= 15 is 0 Å². The average Bonchev–Trinajstić information content (AvgIpc) is 3.36. The second-order valence-electron chi connectivity index (χ2n) is 8.04. The molecule has 2 heterocycles. The number of benzene rings is 3. The molecular formula is C28H24N6O2. The van der Waals surface area contributed by atoms with Crippen LogP contribution in [0.15, 0.2) is 109 Å². The maximum Gasteiger partial charge on any atom is 0.255 e. The minimum absolute atomic E-state index is 0.246. The van der Waals surface area contributed by atoms with E-state index < -0.39 is 0 Å². The van der Waals surface area contributed by atoms with E-state index in [0.29, 0.717) is 23.6 Å². The molecule has 0 radical (unpaired) electrons. The molecule has 0 aliphatic rings. The molecule has 0 fully saturated rings. The van der Waals surface area contributed by atoms with Crippen LogP contribution in [0.4, 0.5) is 11.5 Å². The zero-order valence-electron chi connectivity index (χ0n) is 19.4. The number of ether oxygens (including phenoxy) is 1. The van der Waals surface area contributed by atoms with Crippen LogP contribution in [0.2, 0.25) is 0 Å². The Morgan fingerprint density at radius 2 is 1.64 bits per heavy atom. The molecule has 0 aliphatic heterocycles. The molecular weight excluding hydrogens is 452 g/mol. The van der Waals surface area contributed by atoms with Crippen molar-refractivity contribution in [2.24, 2.45) is 0 Å². The monoisotopic (exact) mass is 476 g/mol. The van der Waals surface area contributed by atoms with Crippen molar-refractivity contribution in [1.29, 1.82) is 0 Å². The van der Waals surface area contributed by atoms with Gasteiger partial charge in [0.1, 0.15) is 23.0 Å². The molecule has 0 spiro atoms. The fourth-order valence-electron chi connectivity index (χ4n) is 3.63. The number of pyridine rings is 1. The lowest BCUT2D eigenvalue weighted by Crippen LogP contribution is -2.24. The smallest absolute Gasteiger partial charge is 0.255 e. The fourth-order valence-corrected chi connectivity index (χ4v) is 3.63. The number of aromatic nitrogens is 4. The van der Waals surface area contributed by atoms with E-state index in [9.17, 15) is 4.79 Å². The Kier molecular flexibility index (Phi) is 6.94. The van der Waals surface area contributed by atoms with Gasteiger partial charge >= 0.3 is 0 Å². The Hall–Kier alpha value is -4.98. The lowest BCUT2D eigenvalue weighted by atomic mass is 10.2. The normalized spacial score (nSPS) is 10.6. The number of para-hydroxylation sites is 2. The van der Waals surface area contributed by atoms with Crippen LogP contribution in [0, 0.1) is 0 Å². The van der Waals surface area contributed by atoms with Crippen molar-refractivity contribution in [3.63, 3.8) is 0 Å². The molecule has 5 aromatic rings. The number of carbonyl (C=O) groups is 1. The molecule has 2 N–H and O–H groups in total. The maximum absolute atomic E-state index is 12.9. The average molecular weight is 477 g/mol. The minimum Gasteiger partial charge on any atom is -0.457 e. The third-order valence-electron chi connectivity index (χ3n) is 5.33. The number of nitrogens with one attached hydrogen (secondary N) is 2. The van der Waals surface area contributed by atoms with E-state index in [-0.39, 0.29) is 12.5 Å². The summed E-state index contributed by atoms with van der Waals surface area (Å²) in [4.78, 5) is 17.2. The molecule has 0 saturated heterocycles. The van der Waals surface area contributed by atoms with Crippen LogP contribution in [-0.2, 0) is 13.1 Å². The van der Waals surface area contributed by atoms with Gasteiger partial charge in [0.25, 0.3) is 5.91 Å². The van der Waals surface area contributed by atoms with E-state index in [2.05, 4.69) is 25.9 Å². The van der Waals surface area contributed by atoms with Gasteiger partial charge in [0.05, 0.1) is 24.8 Å². The van der Waals surface area contributed by atoms with Crippen LogP contribution in [0.1, 0.15) is 21.6 Å². The first-order valence-corrected chi connectivity index (χ1v) is 11.5. The number of hydrogen-bond acceptors (Lipinski definition) is 6. The summed E-state index contributed by atoms with van der Waals surface area (Å²) in [6.45, 7) is 0.774. The lowest BCUT2D eigenvalue weighted by Gasteiger charge is -2.10. The molecule has 2 aromatic heterocycles. The highest BCUT2D eigenvalue weighted by Gasteiger charge is 2.13. The van der Waals surface area contributed by atoms with Crippen LogP contribution in [0.3, 0.4) is 0 Å². The van der Waals surface area contributed by atoms with Crippen molar-refractivity contribution in [3.05, 3.63) is 126 Å². The first-order chi connectivity index (χ1) is 17.7. The van der Waals surface area contributed by atoms with Crippen molar-refractivity contribution < 1.29 is 9.53 Å². The van der Waals surface area contributed by atoms with Crippen LogP contribution >= 0.6 is 0 Å². The minimum atomic E-state index is -0.248. The van der Waals surface area contributed by atoms with Gasteiger partial charge < -0.3 is 15.4 Å². The van der Waals surface area contributed by atoms with Crippen molar-refractivity contribution >= 4 is 17.4 Å². The van der Waals surface area contributed by atoms with Crippen LogP contribution < -0.4 is 15.4 Å². The SMILES string of the molecule is O=C(NCc1cn(Cc2cccc(Oc3ccccc3)c2)nn1)c1cccnc1Nc1ccccc1. The van der Waals surface area contributed by atoms with Gasteiger partial charge in [-0.1, -0.05) is 53.7 Å². The topological polar surface area (TPSA) is 94.0 Å². The van der Waals surface area contributed by atoms with Gasteiger partial charge in [0, 0.05) is 11.9 Å². The molecule has 8 heteroatoms. The summed E-state index contributed by atoms with van der Waals surface area (Å²) < 4.78 is 7.64. The number of rotatable bonds is 9. The highest BCUT2D eigenvalue weighted by atomic mass is 16.5. The summed E-state index contributed by atoms with van der Waals surface area (Å²) in [5.74, 6) is 1.77. The van der Waals surface area contributed by atoms with Crippen molar-refractivity contribution in [2.75, 3.05) is 5.32 Å². The van der Waals surface area contributed by atoms with E-state index in [1.165, 1.54) is 0 Å². The summed E-state index contributed by atoms with van der Waals surface area (Å²) >= 11 is 0. The van der Waals surface area contributed by atoms with E-state index in [1.54, 1.807) is 23.0 Å². The molecule has 1 amide bonds. The Bertz CT molecular complexity index is 1440. The molecule has 0 atom stereocenters. The third-order valence-corrected chi connectivity index (χ3v) is 5.33. The summed E-state index contributed by atoms with van der Waals surface area (Å²) in [6.07, 6.45) is 3.46. The van der Waals surface area contributed by atoms with Gasteiger partial charge in [-0.2, -0.15) is 0 Å². The largest absolute Gasteiger partial charge is 0.457 e. The highest BCUT2D eigenvalue weighted by Crippen LogP contribution is 2.22. The molecule has 0 aliphatic carbocycles. The van der Waals surface area contributed by atoms with E-state index in [0.717, 1.165) is 22.7 Å². The molecule has 36 heavy (non-hydrogen) atoms. The number of nitrogens with zero attached hydrogens (tertiary/aromatic N) is 4. The fraction of sp³-hybridized carbons (Fsp3) is 0.0714. The summed E-state index contributed by atoms with van der Waals surface area (Å²) in [5.41, 5.74) is 2.98. The molecule has 0 unspecified atom stereocenters. The summed E-state index contributed by atoms with van der Waals surface area (Å²) in [5, 5.41) is 14.5. The molecule has 3 aromatic carbocycles. The standard InChI is InChI=1S/C28H24N6O2/c35-28(26-15-8-16-29-27(26)31-22-10-3-1-4-11-22)30-18-23-20-34(33-32-23)19-21-9-7-14-25(17-21)36-24-12-5-2-6-13-24/h1-17,20H,18-19H2,(H,29,31)(H,30,35). The quantitative estimate of drug-likeness (QED) is 0.304. The van der Waals surface area contributed by atoms with Crippen molar-refractivity contribution in [1.82, 2.24) is 25.3 Å².